The van der Waals surface area contributed by atoms with Crippen molar-refractivity contribution in [2.45, 2.75) is 38.0 Å². The Hall–Kier alpha value is -3.57. The number of nitrogens with one attached hydrogen (secondary N) is 1. The Morgan fingerprint density at radius 3 is 2.47 bits per heavy atom. The van der Waals surface area contributed by atoms with Crippen LogP contribution in [0.25, 0.3) is 11.3 Å². The molecule has 1 aromatic heterocycles. The van der Waals surface area contributed by atoms with E-state index in [4.69, 9.17) is 9.47 Å². The highest BCUT2D eigenvalue weighted by atomic mass is 32.2. The first-order valence-electron chi connectivity index (χ1n) is 12.4. The third-order valence-corrected chi connectivity index (χ3v) is 7.89. The van der Waals surface area contributed by atoms with Crippen LogP contribution >= 0.6 is 0 Å². The lowest BCUT2D eigenvalue weighted by atomic mass is 9.96. The molecule has 0 bridgehead atoms. The molecule has 0 aliphatic carbocycles. The van der Waals surface area contributed by atoms with Crippen LogP contribution in [0.3, 0.4) is 0 Å². The molecule has 0 atom stereocenters. The SMILES string of the molecule is COc1cc(-c2c(C)cccc2C)nc(NS(=O)(=O)c2cccc(C(=O)N(F)CCC3CCOCC3)c2)n1. The van der Waals surface area contributed by atoms with Gasteiger partial charge in [0, 0.05) is 30.4 Å². The zero-order valence-corrected chi connectivity index (χ0v) is 22.4. The summed E-state index contributed by atoms with van der Waals surface area (Å²) >= 11 is 0. The number of nitrogens with zero attached hydrogens (tertiary/aromatic N) is 3. The van der Waals surface area contributed by atoms with Crippen LogP contribution in [-0.2, 0) is 14.8 Å². The van der Waals surface area contributed by atoms with Gasteiger partial charge in [-0.1, -0.05) is 28.7 Å². The monoisotopic (exact) mass is 542 g/mol. The summed E-state index contributed by atoms with van der Waals surface area (Å²) in [4.78, 5) is 21.0. The van der Waals surface area contributed by atoms with Gasteiger partial charge in [-0.2, -0.15) is 10.1 Å². The highest BCUT2D eigenvalue weighted by Gasteiger charge is 2.23. The van der Waals surface area contributed by atoms with Gasteiger partial charge in [-0.15, -0.1) is 0 Å². The van der Waals surface area contributed by atoms with E-state index in [1.165, 1.54) is 25.3 Å². The first-order valence-corrected chi connectivity index (χ1v) is 13.8. The third-order valence-electron chi connectivity index (χ3n) is 6.56. The van der Waals surface area contributed by atoms with Crippen LogP contribution in [0.15, 0.2) is 53.4 Å². The van der Waals surface area contributed by atoms with Gasteiger partial charge in [0.1, 0.15) is 0 Å². The first kappa shape index (κ1) is 27.5. The summed E-state index contributed by atoms with van der Waals surface area (Å²) in [5.41, 5.74) is 3.17. The molecule has 1 saturated heterocycles. The summed E-state index contributed by atoms with van der Waals surface area (Å²) in [6.07, 6.45) is 2.18. The number of carbonyl (C=O) groups is 1. The number of aryl methyl sites for hydroxylation is 2. The van der Waals surface area contributed by atoms with Crippen molar-refractivity contribution in [3.8, 4) is 17.1 Å². The van der Waals surface area contributed by atoms with Gasteiger partial charge >= 0.3 is 0 Å². The molecule has 0 saturated carbocycles. The molecular weight excluding hydrogens is 511 g/mol. The quantitative estimate of drug-likeness (QED) is 0.390. The Morgan fingerprint density at radius 1 is 1.11 bits per heavy atom. The second-order valence-electron chi connectivity index (χ2n) is 9.25. The van der Waals surface area contributed by atoms with Crippen molar-refractivity contribution >= 4 is 21.9 Å². The van der Waals surface area contributed by atoms with Gasteiger partial charge in [0.25, 0.3) is 15.9 Å². The van der Waals surface area contributed by atoms with Crippen LogP contribution in [0.4, 0.5) is 10.4 Å². The fourth-order valence-corrected chi connectivity index (χ4v) is 5.46. The number of aromatic nitrogens is 2. The highest BCUT2D eigenvalue weighted by molar-refractivity contribution is 7.92. The number of benzene rings is 2. The third kappa shape index (κ3) is 6.46. The molecule has 9 nitrogen and oxygen atoms in total. The second-order valence-corrected chi connectivity index (χ2v) is 10.9. The molecule has 0 spiro atoms. The molecule has 1 aliphatic rings. The summed E-state index contributed by atoms with van der Waals surface area (Å²) in [7, 11) is -2.78. The van der Waals surface area contributed by atoms with Crippen LogP contribution in [0.5, 0.6) is 5.88 Å². The predicted molar refractivity (Wildman–Crippen MR) is 141 cm³/mol. The number of sulfonamides is 1. The van der Waals surface area contributed by atoms with E-state index < -0.39 is 15.9 Å². The fraction of sp³-hybridized carbons (Fsp3) is 0.370. The maximum absolute atomic E-state index is 14.6. The molecule has 38 heavy (non-hydrogen) atoms. The fourth-order valence-electron chi connectivity index (χ4n) is 4.47. The molecule has 1 N–H and O–H groups in total. The zero-order chi connectivity index (χ0) is 27.3. The number of rotatable bonds is 9. The van der Waals surface area contributed by atoms with Crippen LogP contribution < -0.4 is 9.46 Å². The van der Waals surface area contributed by atoms with Crippen LogP contribution in [0.1, 0.15) is 40.7 Å². The number of ether oxygens (including phenoxy) is 2. The summed E-state index contributed by atoms with van der Waals surface area (Å²) in [5.74, 6) is -0.620. The lowest BCUT2D eigenvalue weighted by molar-refractivity contribution is 0.00999. The van der Waals surface area contributed by atoms with E-state index in [0.29, 0.717) is 31.2 Å². The van der Waals surface area contributed by atoms with E-state index in [1.54, 1.807) is 6.07 Å². The maximum atomic E-state index is 14.6. The van der Waals surface area contributed by atoms with Gasteiger partial charge in [0.05, 0.1) is 24.2 Å². The molecule has 1 fully saturated rings. The van der Waals surface area contributed by atoms with Gasteiger partial charge in [0.2, 0.25) is 11.8 Å². The van der Waals surface area contributed by atoms with Gasteiger partial charge in [0.15, 0.2) is 0 Å². The van der Waals surface area contributed by atoms with E-state index in [2.05, 4.69) is 14.7 Å². The summed E-state index contributed by atoms with van der Waals surface area (Å²) in [5, 5.41) is 0.136. The average Bonchev–Trinajstić information content (AvgIpc) is 2.91. The number of hydrogen-bond donors (Lipinski definition) is 1. The number of hydrogen-bond acceptors (Lipinski definition) is 7. The number of halogens is 1. The first-order chi connectivity index (χ1) is 18.2. The topological polar surface area (TPSA) is 111 Å². The Labute approximate surface area is 222 Å². The average molecular weight is 543 g/mol. The number of methoxy groups -OCH3 is 1. The minimum absolute atomic E-state index is 0.0720. The zero-order valence-electron chi connectivity index (χ0n) is 21.6. The van der Waals surface area contributed by atoms with Crippen molar-refractivity contribution in [3.05, 3.63) is 65.2 Å². The molecule has 1 aliphatic heterocycles. The number of carbonyl (C=O) groups excluding carboxylic acids is 1. The van der Waals surface area contributed by atoms with Gasteiger partial charge in [-0.3, -0.25) is 4.79 Å². The number of anilines is 1. The minimum Gasteiger partial charge on any atom is -0.481 e. The summed E-state index contributed by atoms with van der Waals surface area (Å²) < 4.78 is 54.0. The second kappa shape index (κ2) is 11.9. The van der Waals surface area contributed by atoms with E-state index in [-0.39, 0.29) is 34.0 Å². The largest absolute Gasteiger partial charge is 0.481 e. The molecule has 2 heterocycles. The maximum Gasteiger partial charge on any atom is 0.281 e. The molecule has 0 unspecified atom stereocenters. The molecule has 202 valence electrons. The molecule has 11 heteroatoms. The smallest absolute Gasteiger partial charge is 0.281 e. The van der Waals surface area contributed by atoms with Crippen molar-refractivity contribution < 1.29 is 27.2 Å². The highest BCUT2D eigenvalue weighted by Crippen LogP contribution is 2.29. The van der Waals surface area contributed by atoms with Gasteiger partial charge in [-0.25, -0.2) is 18.1 Å². The van der Waals surface area contributed by atoms with E-state index in [1.807, 2.05) is 32.0 Å². The molecule has 1 amide bonds. The van der Waals surface area contributed by atoms with Crippen molar-refractivity contribution in [2.24, 2.45) is 5.92 Å². The van der Waals surface area contributed by atoms with E-state index in [9.17, 15) is 17.7 Å². The van der Waals surface area contributed by atoms with E-state index in [0.717, 1.165) is 35.6 Å². The van der Waals surface area contributed by atoms with Crippen molar-refractivity contribution in [1.29, 1.82) is 0 Å². The molecule has 4 rings (SSSR count). The molecule has 2 aromatic carbocycles. The molecule has 3 aromatic rings. The summed E-state index contributed by atoms with van der Waals surface area (Å²) in [6.45, 7) is 5.07. The molecule has 0 radical (unpaired) electrons. The van der Waals surface area contributed by atoms with E-state index >= 15 is 0 Å². The Bertz CT molecular complexity index is 1390. The number of amides is 1. The van der Waals surface area contributed by atoms with Crippen molar-refractivity contribution in [3.63, 3.8) is 0 Å². The van der Waals surface area contributed by atoms with Crippen LogP contribution in [0.2, 0.25) is 0 Å². The molecular formula is C27H31FN4O5S. The Kier molecular flexibility index (Phi) is 8.58. The predicted octanol–water partition coefficient (Wildman–Crippen LogP) is 4.71. The Morgan fingerprint density at radius 2 is 1.79 bits per heavy atom. The Balaban J connectivity index is 1.54. The summed E-state index contributed by atoms with van der Waals surface area (Å²) in [6, 6.07) is 12.6. The van der Waals surface area contributed by atoms with Crippen LogP contribution in [0, 0.1) is 19.8 Å². The van der Waals surface area contributed by atoms with Crippen LogP contribution in [-0.4, -0.2) is 56.3 Å². The normalized spacial score (nSPS) is 14.2. The standard InChI is InChI=1S/C27H31FN4O5S/c1-18-6-4-7-19(2)25(18)23-17-24(36-3)30-27(29-23)31-38(34,35)22-9-5-8-21(16-22)26(33)32(28)13-10-20-11-14-37-15-12-20/h4-9,16-17,20H,10-15H2,1-3H3,(H,29,30,31). The van der Waals surface area contributed by atoms with Crippen molar-refractivity contribution in [1.82, 2.24) is 15.1 Å². The van der Waals surface area contributed by atoms with Gasteiger partial charge in [-0.05, 0) is 68.4 Å². The lowest BCUT2D eigenvalue weighted by Gasteiger charge is -2.23. The minimum atomic E-state index is -4.21. The van der Waals surface area contributed by atoms with Gasteiger partial charge < -0.3 is 9.47 Å². The van der Waals surface area contributed by atoms with Crippen molar-refractivity contribution in [2.75, 3.05) is 31.6 Å². The lowest BCUT2D eigenvalue weighted by Crippen LogP contribution is -2.27.